The van der Waals surface area contributed by atoms with Crippen LogP contribution in [0.25, 0.3) is 0 Å². The van der Waals surface area contributed by atoms with E-state index in [2.05, 4.69) is 30.9 Å². The van der Waals surface area contributed by atoms with Crippen molar-refractivity contribution in [2.75, 3.05) is 13.2 Å². The Labute approximate surface area is 135 Å². The minimum Gasteiger partial charge on any atom is -0.481 e. The summed E-state index contributed by atoms with van der Waals surface area (Å²) in [5, 5.41) is 8.42. The van der Waals surface area contributed by atoms with Gasteiger partial charge < -0.3 is 9.84 Å². The van der Waals surface area contributed by atoms with Gasteiger partial charge in [0.05, 0.1) is 19.6 Å². The molecule has 0 aliphatic rings. The van der Waals surface area contributed by atoms with E-state index in [-0.39, 0.29) is 6.42 Å². The molecule has 124 valence electrons. The molecule has 0 rings (SSSR count). The zero-order valence-corrected chi connectivity index (χ0v) is 13.8. The first-order valence-corrected chi connectivity index (χ1v) is 8.26. The molecule has 0 saturated carbocycles. The molecule has 1 N–H and O–H groups in total. The minimum atomic E-state index is -0.836. The van der Waals surface area contributed by atoms with E-state index in [1.165, 1.54) is 38.2 Å². The highest BCUT2D eigenvalue weighted by atomic mass is 16.5. The van der Waals surface area contributed by atoms with Crippen LogP contribution in [0.4, 0.5) is 0 Å². The first-order valence-electron chi connectivity index (χ1n) is 8.26. The summed E-state index contributed by atoms with van der Waals surface area (Å²) in [6, 6.07) is 0. The molecule has 0 fully saturated rings. The largest absolute Gasteiger partial charge is 0.481 e. The van der Waals surface area contributed by atoms with E-state index in [4.69, 9.17) is 9.84 Å². The molecule has 0 aromatic heterocycles. The SMILES string of the molecule is CCCCCCC=CCC=CCOCCC=C=CCC(=O)O. The highest BCUT2D eigenvalue weighted by Gasteiger charge is 1.87. The van der Waals surface area contributed by atoms with Crippen LogP contribution in [0.1, 0.15) is 58.3 Å². The second-order valence-electron chi connectivity index (χ2n) is 5.06. The molecule has 0 heterocycles. The number of carboxylic acids is 1. The molecular formula is C19H30O3. The van der Waals surface area contributed by atoms with Gasteiger partial charge in [-0.05, 0) is 37.8 Å². The van der Waals surface area contributed by atoms with Crippen molar-refractivity contribution < 1.29 is 14.6 Å². The summed E-state index contributed by atoms with van der Waals surface area (Å²) in [5.74, 6) is -0.836. The van der Waals surface area contributed by atoms with E-state index in [1.54, 1.807) is 6.08 Å². The van der Waals surface area contributed by atoms with E-state index in [9.17, 15) is 4.79 Å². The van der Waals surface area contributed by atoms with E-state index in [0.29, 0.717) is 13.2 Å². The third-order valence-electron chi connectivity index (χ3n) is 2.96. The summed E-state index contributed by atoms with van der Waals surface area (Å²) in [5.41, 5.74) is 2.82. The quantitative estimate of drug-likeness (QED) is 0.277. The van der Waals surface area contributed by atoms with Crippen molar-refractivity contribution in [2.24, 2.45) is 0 Å². The molecule has 0 unspecified atom stereocenters. The van der Waals surface area contributed by atoms with Crippen LogP contribution in [0, 0.1) is 0 Å². The maximum absolute atomic E-state index is 10.2. The standard InChI is InChI=1S/C19H30O3/c1-2-3-4-5-6-7-8-9-11-14-17-22-18-15-12-10-13-16-19(20)21/h7-8,11-14H,2-6,9,15-18H2,1H3,(H,20,21). The normalized spacial score (nSPS) is 11.0. The van der Waals surface area contributed by atoms with E-state index < -0.39 is 5.97 Å². The van der Waals surface area contributed by atoms with Crippen LogP contribution in [0.2, 0.25) is 0 Å². The first kappa shape index (κ1) is 20.4. The maximum Gasteiger partial charge on any atom is 0.307 e. The maximum atomic E-state index is 10.2. The Balaban J connectivity index is 3.35. The van der Waals surface area contributed by atoms with Crippen molar-refractivity contribution in [3.8, 4) is 0 Å². The fraction of sp³-hybridized carbons (Fsp3) is 0.579. The summed E-state index contributed by atoms with van der Waals surface area (Å²) in [7, 11) is 0. The topological polar surface area (TPSA) is 46.5 Å². The van der Waals surface area contributed by atoms with Crippen molar-refractivity contribution in [1.29, 1.82) is 0 Å². The fourth-order valence-corrected chi connectivity index (χ4v) is 1.75. The Morgan fingerprint density at radius 3 is 2.64 bits per heavy atom. The Bertz CT molecular complexity index is 374. The minimum absolute atomic E-state index is 0.0201. The van der Waals surface area contributed by atoms with Crippen molar-refractivity contribution in [2.45, 2.75) is 58.3 Å². The number of ether oxygens (including phenoxy) is 1. The van der Waals surface area contributed by atoms with Gasteiger partial charge in [-0.15, -0.1) is 5.73 Å². The lowest BCUT2D eigenvalue weighted by Gasteiger charge is -1.96. The van der Waals surface area contributed by atoms with Crippen LogP contribution >= 0.6 is 0 Å². The van der Waals surface area contributed by atoms with Crippen molar-refractivity contribution >= 4 is 5.97 Å². The lowest BCUT2D eigenvalue weighted by molar-refractivity contribution is -0.135. The van der Waals surface area contributed by atoms with E-state index in [1.807, 2.05) is 6.08 Å². The molecular weight excluding hydrogens is 276 g/mol. The monoisotopic (exact) mass is 306 g/mol. The Morgan fingerprint density at radius 1 is 1.05 bits per heavy atom. The number of carbonyl (C=O) groups is 1. The number of rotatable bonds is 14. The van der Waals surface area contributed by atoms with Gasteiger partial charge >= 0.3 is 5.97 Å². The highest BCUT2D eigenvalue weighted by molar-refractivity contribution is 5.68. The molecule has 3 heteroatoms. The summed E-state index contributed by atoms with van der Waals surface area (Å²) in [6.07, 6.45) is 20.1. The summed E-state index contributed by atoms with van der Waals surface area (Å²) >= 11 is 0. The average Bonchev–Trinajstić information content (AvgIpc) is 2.50. The van der Waals surface area contributed by atoms with Gasteiger partial charge in [0, 0.05) is 0 Å². The van der Waals surface area contributed by atoms with Crippen LogP contribution < -0.4 is 0 Å². The number of aliphatic carboxylic acids is 1. The van der Waals surface area contributed by atoms with Crippen LogP contribution in [-0.4, -0.2) is 24.3 Å². The van der Waals surface area contributed by atoms with Crippen LogP contribution in [0.3, 0.4) is 0 Å². The van der Waals surface area contributed by atoms with Gasteiger partial charge in [-0.2, -0.15) is 0 Å². The molecule has 0 aromatic rings. The molecule has 22 heavy (non-hydrogen) atoms. The smallest absolute Gasteiger partial charge is 0.307 e. The Hall–Kier alpha value is -1.57. The molecule has 0 aromatic carbocycles. The molecule has 0 spiro atoms. The molecule has 0 bridgehead atoms. The zero-order valence-electron chi connectivity index (χ0n) is 13.8. The van der Waals surface area contributed by atoms with Crippen molar-refractivity contribution in [3.63, 3.8) is 0 Å². The molecule has 0 radical (unpaired) electrons. The van der Waals surface area contributed by atoms with Gasteiger partial charge in [0.2, 0.25) is 0 Å². The Morgan fingerprint density at radius 2 is 1.86 bits per heavy atom. The zero-order chi connectivity index (χ0) is 16.3. The average molecular weight is 306 g/mol. The highest BCUT2D eigenvalue weighted by Crippen LogP contribution is 2.03. The van der Waals surface area contributed by atoms with E-state index in [0.717, 1.165) is 12.8 Å². The molecule has 0 saturated heterocycles. The molecule has 0 aliphatic heterocycles. The predicted molar refractivity (Wildman–Crippen MR) is 92.0 cm³/mol. The second-order valence-corrected chi connectivity index (χ2v) is 5.06. The van der Waals surface area contributed by atoms with Gasteiger partial charge in [0.15, 0.2) is 0 Å². The van der Waals surface area contributed by atoms with Gasteiger partial charge in [0.1, 0.15) is 0 Å². The van der Waals surface area contributed by atoms with Crippen LogP contribution in [0.15, 0.2) is 42.2 Å². The molecule has 0 aliphatic carbocycles. The van der Waals surface area contributed by atoms with E-state index >= 15 is 0 Å². The lowest BCUT2D eigenvalue weighted by Crippen LogP contribution is -1.92. The summed E-state index contributed by atoms with van der Waals surface area (Å²) in [4.78, 5) is 10.2. The third-order valence-corrected chi connectivity index (χ3v) is 2.96. The molecule has 0 atom stereocenters. The summed E-state index contributed by atoms with van der Waals surface area (Å²) in [6.45, 7) is 3.48. The number of allylic oxidation sites excluding steroid dienone is 3. The van der Waals surface area contributed by atoms with Gasteiger partial charge in [-0.3, -0.25) is 4.79 Å². The predicted octanol–water partition coefficient (Wildman–Crippen LogP) is 5.05. The summed E-state index contributed by atoms with van der Waals surface area (Å²) < 4.78 is 5.42. The van der Waals surface area contributed by atoms with Gasteiger partial charge in [0.25, 0.3) is 0 Å². The van der Waals surface area contributed by atoms with Gasteiger partial charge in [-0.1, -0.05) is 50.5 Å². The molecule has 0 amide bonds. The number of carboxylic acid groups (broad SMARTS) is 1. The Kier molecular flexibility index (Phi) is 16.2. The first-order chi connectivity index (χ1) is 10.8. The van der Waals surface area contributed by atoms with Crippen molar-refractivity contribution in [3.05, 3.63) is 42.2 Å². The number of hydrogen-bond donors (Lipinski definition) is 1. The fourth-order valence-electron chi connectivity index (χ4n) is 1.75. The molecule has 3 nitrogen and oxygen atoms in total. The van der Waals surface area contributed by atoms with Crippen LogP contribution in [0.5, 0.6) is 0 Å². The number of unbranched alkanes of at least 4 members (excludes halogenated alkanes) is 4. The van der Waals surface area contributed by atoms with Crippen molar-refractivity contribution in [1.82, 2.24) is 0 Å². The van der Waals surface area contributed by atoms with Crippen LogP contribution in [-0.2, 0) is 9.53 Å². The third kappa shape index (κ3) is 18.4. The lowest BCUT2D eigenvalue weighted by atomic mass is 10.1. The second kappa shape index (κ2) is 17.5. The number of hydrogen-bond acceptors (Lipinski definition) is 2. The van der Waals surface area contributed by atoms with Gasteiger partial charge in [-0.25, -0.2) is 0 Å².